The van der Waals surface area contributed by atoms with Crippen molar-refractivity contribution in [3.63, 3.8) is 0 Å². The van der Waals surface area contributed by atoms with Gasteiger partial charge in [0, 0.05) is 5.57 Å². The van der Waals surface area contributed by atoms with Crippen LogP contribution in [0.3, 0.4) is 0 Å². The Kier molecular flexibility index (Phi) is 7.91. The maximum Gasteiger partial charge on any atom is 0.351 e. The van der Waals surface area contributed by atoms with Gasteiger partial charge < -0.3 is 19.3 Å². The molecule has 1 aliphatic heterocycles. The summed E-state index contributed by atoms with van der Waals surface area (Å²) in [5.74, 6) is -2.88. The Morgan fingerprint density at radius 2 is 1.96 bits per heavy atom. The Balaban J connectivity index is 2.89. The topological polar surface area (TPSA) is 102 Å². The van der Waals surface area contributed by atoms with Crippen LogP contribution in [0.15, 0.2) is 12.2 Å². The van der Waals surface area contributed by atoms with E-state index in [1.54, 1.807) is 0 Å². The number of carboxylic acid groups (broad SMARTS) is 1. The highest BCUT2D eigenvalue weighted by atomic mass is 16.6. The van der Waals surface area contributed by atoms with Crippen molar-refractivity contribution in [2.75, 3.05) is 13.2 Å². The number of ether oxygens (including phenoxy) is 3. The lowest BCUT2D eigenvalue weighted by Gasteiger charge is -2.30. The smallest absolute Gasteiger partial charge is 0.351 e. The number of carbonyl (C=O) groups excluding carboxylic acids is 2. The molecule has 1 rings (SSSR count). The molecule has 0 bridgehead atoms. The van der Waals surface area contributed by atoms with E-state index in [1.807, 2.05) is 6.92 Å². The monoisotopic (exact) mass is 342 g/mol. The minimum atomic E-state index is -1.83. The van der Waals surface area contributed by atoms with Crippen LogP contribution in [0, 0.1) is 0 Å². The van der Waals surface area contributed by atoms with E-state index in [4.69, 9.17) is 14.2 Å². The molecular weight excluding hydrogens is 316 g/mol. The van der Waals surface area contributed by atoms with E-state index < -0.39 is 29.9 Å². The molecule has 7 nitrogen and oxygen atoms in total. The second-order valence-corrected chi connectivity index (χ2v) is 6.10. The number of hydrogen-bond donors (Lipinski definition) is 1. The molecule has 136 valence electrons. The van der Waals surface area contributed by atoms with Gasteiger partial charge in [-0.2, -0.15) is 0 Å². The molecule has 0 spiro atoms. The molecule has 0 aromatic rings. The Morgan fingerprint density at radius 3 is 2.46 bits per heavy atom. The number of unbranched alkanes of at least 4 members (excludes halogenated alkanes) is 3. The fourth-order valence-electron chi connectivity index (χ4n) is 2.20. The average Bonchev–Trinajstić information content (AvgIpc) is 3.32. The van der Waals surface area contributed by atoms with Crippen molar-refractivity contribution < 1.29 is 33.7 Å². The first kappa shape index (κ1) is 20.2. The summed E-state index contributed by atoms with van der Waals surface area (Å²) < 4.78 is 15.4. The number of rotatable bonds is 12. The van der Waals surface area contributed by atoms with Gasteiger partial charge >= 0.3 is 17.9 Å². The van der Waals surface area contributed by atoms with Gasteiger partial charge in [0.2, 0.25) is 5.60 Å². The quantitative estimate of drug-likeness (QED) is 0.251. The van der Waals surface area contributed by atoms with Gasteiger partial charge in [-0.05, 0) is 19.8 Å². The van der Waals surface area contributed by atoms with Crippen molar-refractivity contribution in [3.05, 3.63) is 12.2 Å². The minimum Gasteiger partial charge on any atom is -0.481 e. The Morgan fingerprint density at radius 1 is 1.29 bits per heavy atom. The lowest BCUT2D eigenvalue weighted by Crippen LogP contribution is -2.47. The Bertz CT molecular complexity index is 481. The zero-order valence-corrected chi connectivity index (χ0v) is 14.3. The van der Waals surface area contributed by atoms with Gasteiger partial charge in [-0.1, -0.05) is 32.8 Å². The van der Waals surface area contributed by atoms with Crippen molar-refractivity contribution in [2.24, 2.45) is 0 Å². The summed E-state index contributed by atoms with van der Waals surface area (Å²) >= 11 is 0. The number of hydrogen-bond acceptors (Lipinski definition) is 6. The summed E-state index contributed by atoms with van der Waals surface area (Å²) in [6.07, 6.45) is 2.60. The summed E-state index contributed by atoms with van der Waals surface area (Å²) in [6.45, 7) is 7.48. The highest BCUT2D eigenvalue weighted by Crippen LogP contribution is 2.28. The Labute approximate surface area is 142 Å². The summed E-state index contributed by atoms with van der Waals surface area (Å²) in [5.41, 5.74) is -1.73. The van der Waals surface area contributed by atoms with Gasteiger partial charge in [0.25, 0.3) is 0 Å². The van der Waals surface area contributed by atoms with Crippen LogP contribution < -0.4 is 0 Å². The van der Waals surface area contributed by atoms with E-state index in [1.165, 1.54) is 6.92 Å². The van der Waals surface area contributed by atoms with Crippen LogP contribution in [-0.2, 0) is 28.6 Å². The van der Waals surface area contributed by atoms with Gasteiger partial charge in [-0.25, -0.2) is 9.59 Å². The normalized spacial score (nSPS) is 18.3. The predicted octanol–water partition coefficient (Wildman–Crippen LogP) is 2.23. The van der Waals surface area contributed by atoms with Crippen LogP contribution in [0.5, 0.6) is 0 Å². The summed E-state index contributed by atoms with van der Waals surface area (Å²) in [7, 11) is 0. The van der Waals surface area contributed by atoms with Crippen LogP contribution in [0.4, 0.5) is 0 Å². The fourth-order valence-corrected chi connectivity index (χ4v) is 2.20. The second kappa shape index (κ2) is 9.42. The molecule has 0 saturated carbocycles. The molecule has 0 aliphatic carbocycles. The molecule has 1 fully saturated rings. The molecule has 2 atom stereocenters. The van der Waals surface area contributed by atoms with E-state index in [9.17, 15) is 19.5 Å². The van der Waals surface area contributed by atoms with E-state index in [2.05, 4.69) is 6.58 Å². The van der Waals surface area contributed by atoms with Crippen molar-refractivity contribution in [1.29, 1.82) is 0 Å². The third-order valence-corrected chi connectivity index (χ3v) is 3.68. The minimum absolute atomic E-state index is 0.0276. The molecular formula is C17H26O7. The number of carboxylic acids is 1. The number of esters is 2. The van der Waals surface area contributed by atoms with Crippen molar-refractivity contribution >= 4 is 17.9 Å². The maximum absolute atomic E-state index is 12.5. The van der Waals surface area contributed by atoms with Crippen LogP contribution >= 0.6 is 0 Å². The van der Waals surface area contributed by atoms with Gasteiger partial charge in [-0.3, -0.25) is 4.79 Å². The highest BCUT2D eigenvalue weighted by molar-refractivity contribution is 5.92. The van der Waals surface area contributed by atoms with Gasteiger partial charge in [0.1, 0.15) is 12.7 Å². The van der Waals surface area contributed by atoms with Gasteiger partial charge in [-0.15, -0.1) is 0 Å². The van der Waals surface area contributed by atoms with E-state index in [-0.39, 0.29) is 24.7 Å². The molecule has 1 N–H and O–H groups in total. The van der Waals surface area contributed by atoms with Crippen LogP contribution in [0.25, 0.3) is 0 Å². The molecule has 1 aliphatic rings. The maximum atomic E-state index is 12.5. The molecule has 0 radical (unpaired) electrons. The number of carbonyl (C=O) groups is 3. The second-order valence-electron chi connectivity index (χ2n) is 6.10. The highest BCUT2D eigenvalue weighted by Gasteiger charge is 2.46. The largest absolute Gasteiger partial charge is 0.481 e. The van der Waals surface area contributed by atoms with Crippen molar-refractivity contribution in [1.82, 2.24) is 0 Å². The SMILES string of the molecule is C=C(C)C(=O)OC(CCCCCC)(CC(=O)O)C(=O)OCC1CO1. The third-order valence-electron chi connectivity index (χ3n) is 3.68. The standard InChI is InChI=1S/C17H26O7/c1-4-5-6-7-8-17(9-14(18)19,24-15(20)12(2)3)16(21)23-11-13-10-22-13/h13H,2,4-11H2,1,3H3,(H,18,19). The number of aliphatic carboxylic acids is 1. The zero-order chi connectivity index (χ0) is 18.2. The molecule has 0 aromatic carbocycles. The van der Waals surface area contributed by atoms with Gasteiger partial charge in [0.15, 0.2) is 0 Å². The van der Waals surface area contributed by atoms with Crippen LogP contribution in [-0.4, -0.2) is 47.9 Å². The zero-order valence-electron chi connectivity index (χ0n) is 14.3. The van der Waals surface area contributed by atoms with E-state index >= 15 is 0 Å². The molecule has 2 unspecified atom stereocenters. The predicted molar refractivity (Wildman–Crippen MR) is 85.3 cm³/mol. The average molecular weight is 342 g/mol. The van der Waals surface area contributed by atoms with Crippen LogP contribution in [0.2, 0.25) is 0 Å². The first-order valence-electron chi connectivity index (χ1n) is 8.20. The lowest BCUT2D eigenvalue weighted by molar-refractivity contribution is -0.185. The Hall–Kier alpha value is -1.89. The molecule has 0 aromatic heterocycles. The molecule has 1 heterocycles. The molecule has 0 amide bonds. The van der Waals surface area contributed by atoms with Gasteiger partial charge in [0.05, 0.1) is 13.0 Å². The molecule has 24 heavy (non-hydrogen) atoms. The van der Waals surface area contributed by atoms with E-state index in [0.717, 1.165) is 19.3 Å². The van der Waals surface area contributed by atoms with E-state index in [0.29, 0.717) is 13.0 Å². The van der Waals surface area contributed by atoms with Crippen molar-refractivity contribution in [3.8, 4) is 0 Å². The lowest BCUT2D eigenvalue weighted by atomic mass is 9.91. The number of epoxide rings is 1. The van der Waals surface area contributed by atoms with Crippen molar-refractivity contribution in [2.45, 2.75) is 64.1 Å². The summed E-state index contributed by atoms with van der Waals surface area (Å²) in [5, 5.41) is 9.20. The summed E-state index contributed by atoms with van der Waals surface area (Å²) in [6, 6.07) is 0. The fraction of sp³-hybridized carbons (Fsp3) is 0.706. The first-order valence-corrected chi connectivity index (χ1v) is 8.20. The first-order chi connectivity index (χ1) is 11.3. The van der Waals surface area contributed by atoms with Crippen LogP contribution in [0.1, 0.15) is 52.4 Å². The molecule has 1 saturated heterocycles. The molecule has 7 heteroatoms. The summed E-state index contributed by atoms with van der Waals surface area (Å²) in [4.78, 5) is 35.7. The third kappa shape index (κ3) is 6.70.